The first-order chi connectivity index (χ1) is 23.1. The van der Waals surface area contributed by atoms with Gasteiger partial charge in [0.2, 0.25) is 10.0 Å². The first kappa shape index (κ1) is 35.2. The van der Waals surface area contributed by atoms with Gasteiger partial charge in [-0.1, -0.05) is 84.0 Å². The van der Waals surface area contributed by atoms with Crippen LogP contribution in [-0.4, -0.2) is 43.4 Å². The van der Waals surface area contributed by atoms with Crippen molar-refractivity contribution in [2.75, 3.05) is 18.5 Å². The second-order valence-electron chi connectivity index (χ2n) is 16.4. The number of benzene rings is 3. The van der Waals surface area contributed by atoms with Gasteiger partial charge >= 0.3 is 5.97 Å². The number of likely N-dealkylation sites (N-methyl/N-ethyl adjacent to an activating group) is 1. The summed E-state index contributed by atoms with van der Waals surface area (Å²) in [6.07, 6.45) is 10.8. The largest absolute Gasteiger partial charge is 0.478 e. The summed E-state index contributed by atoms with van der Waals surface area (Å²) in [7, 11) is -2.20. The lowest BCUT2D eigenvalue weighted by atomic mass is 9.75. The van der Waals surface area contributed by atoms with Crippen molar-refractivity contribution in [1.82, 2.24) is 4.31 Å². The van der Waals surface area contributed by atoms with Gasteiger partial charge in [-0.05, 0) is 125 Å². The van der Waals surface area contributed by atoms with Gasteiger partial charge in [-0.15, -0.1) is 0 Å². The van der Waals surface area contributed by atoms with Crippen LogP contribution < -0.4 is 4.90 Å². The molecule has 3 aromatic carbocycles. The molecule has 49 heavy (non-hydrogen) atoms. The fraction of sp³-hybridized carbons (Fsp3) is 0.452. The van der Waals surface area contributed by atoms with Crippen molar-refractivity contribution in [2.24, 2.45) is 16.7 Å². The maximum absolute atomic E-state index is 14.6. The molecule has 260 valence electrons. The predicted octanol–water partition coefficient (Wildman–Crippen LogP) is 10.4. The highest BCUT2D eigenvalue weighted by Crippen LogP contribution is 2.47. The average molecular weight is 681 g/mol. The van der Waals surface area contributed by atoms with Crippen LogP contribution in [0, 0.1) is 16.7 Å². The number of allylic oxidation sites excluding steroid dienone is 4. The van der Waals surface area contributed by atoms with E-state index in [4.69, 9.17) is 0 Å². The fourth-order valence-corrected chi connectivity index (χ4v) is 9.25. The van der Waals surface area contributed by atoms with Crippen LogP contribution in [0.3, 0.4) is 0 Å². The molecule has 6 rings (SSSR count). The van der Waals surface area contributed by atoms with Crippen LogP contribution in [0.25, 0.3) is 22.3 Å². The van der Waals surface area contributed by atoms with Crippen molar-refractivity contribution in [3.63, 3.8) is 0 Å². The Labute approximate surface area is 293 Å². The number of hydrogen-bond donors (Lipinski definition) is 1. The number of fused-ring (bicyclic) bond motifs is 1. The molecule has 0 saturated heterocycles. The molecule has 0 spiro atoms. The first-order valence-corrected chi connectivity index (χ1v) is 19.3. The molecule has 0 fully saturated rings. The van der Waals surface area contributed by atoms with Crippen molar-refractivity contribution in [1.29, 1.82) is 0 Å². The Morgan fingerprint density at radius 3 is 2.02 bits per heavy atom. The summed E-state index contributed by atoms with van der Waals surface area (Å²) in [6.45, 7) is 13.9. The summed E-state index contributed by atoms with van der Waals surface area (Å²) >= 11 is 0. The Balaban J connectivity index is 1.60. The molecule has 0 amide bonds. The number of rotatable bonds is 7. The number of carboxylic acid groups (broad SMARTS) is 1. The number of hydrogen-bond acceptors (Lipinski definition) is 4. The van der Waals surface area contributed by atoms with E-state index < -0.39 is 16.0 Å². The minimum absolute atomic E-state index is 0.182. The number of aromatic carboxylic acids is 1. The Bertz CT molecular complexity index is 1920. The van der Waals surface area contributed by atoms with Crippen molar-refractivity contribution < 1.29 is 18.3 Å². The highest BCUT2D eigenvalue weighted by atomic mass is 32.2. The van der Waals surface area contributed by atoms with Crippen LogP contribution in [0.15, 0.2) is 77.7 Å². The molecule has 1 heterocycles. The Morgan fingerprint density at radius 2 is 1.47 bits per heavy atom. The third-order valence-electron chi connectivity index (χ3n) is 11.0. The van der Waals surface area contributed by atoms with Crippen molar-refractivity contribution in [3.05, 3.63) is 89.5 Å². The van der Waals surface area contributed by atoms with Crippen LogP contribution in [0.1, 0.15) is 108 Å². The topological polar surface area (TPSA) is 77.9 Å². The second-order valence-corrected chi connectivity index (χ2v) is 18.3. The van der Waals surface area contributed by atoms with Gasteiger partial charge in [-0.25, -0.2) is 13.2 Å². The van der Waals surface area contributed by atoms with Crippen molar-refractivity contribution >= 4 is 38.5 Å². The monoisotopic (exact) mass is 680 g/mol. The number of nitrogens with zero attached hydrogens (tertiary/aromatic N) is 2. The lowest BCUT2D eigenvalue weighted by Crippen LogP contribution is -2.41. The Morgan fingerprint density at radius 1 is 0.857 bits per heavy atom. The lowest BCUT2D eigenvalue weighted by Gasteiger charge is -2.32. The molecule has 0 radical (unpaired) electrons. The summed E-state index contributed by atoms with van der Waals surface area (Å²) in [4.78, 5) is 15.3. The fourth-order valence-electron chi connectivity index (χ4n) is 7.70. The molecule has 6 nitrogen and oxygen atoms in total. The van der Waals surface area contributed by atoms with Gasteiger partial charge in [0.15, 0.2) is 0 Å². The predicted molar refractivity (Wildman–Crippen MR) is 202 cm³/mol. The molecular weight excluding hydrogens is 629 g/mol. The van der Waals surface area contributed by atoms with Crippen LogP contribution >= 0.6 is 0 Å². The van der Waals surface area contributed by atoms with Gasteiger partial charge in [0.1, 0.15) is 4.90 Å². The minimum Gasteiger partial charge on any atom is -0.478 e. The summed E-state index contributed by atoms with van der Waals surface area (Å²) in [5.41, 5.74) is 7.69. The summed E-state index contributed by atoms with van der Waals surface area (Å²) < 4.78 is 30.8. The molecule has 0 aromatic heterocycles. The van der Waals surface area contributed by atoms with Gasteiger partial charge in [-0.2, -0.15) is 4.31 Å². The van der Waals surface area contributed by atoms with Gasteiger partial charge < -0.3 is 10.0 Å². The van der Waals surface area contributed by atoms with Gasteiger partial charge in [0, 0.05) is 25.3 Å². The van der Waals surface area contributed by atoms with Gasteiger partial charge in [-0.3, -0.25) is 0 Å². The summed E-state index contributed by atoms with van der Waals surface area (Å²) in [5.74, 6) is -0.668. The molecule has 3 aliphatic rings. The second kappa shape index (κ2) is 13.2. The SMILES string of the molecule is CC(C)C[C@@H]1CN(c2ccccc2)c2cc(C3=CCC(C)(C)CC3)c(-c3ccc(C4=CCC(C)(C)CC4)c(C(=O)O)c3)cc2S(=O)(=O)N1C. The van der Waals surface area contributed by atoms with Crippen LogP contribution in [-0.2, 0) is 10.0 Å². The van der Waals surface area contributed by atoms with E-state index in [0.717, 1.165) is 72.9 Å². The Hall–Kier alpha value is -3.68. The third kappa shape index (κ3) is 7.16. The zero-order chi connectivity index (χ0) is 35.3. The molecule has 1 N–H and O–H groups in total. The number of anilines is 2. The average Bonchev–Trinajstić information content (AvgIpc) is 3.12. The van der Waals surface area contributed by atoms with E-state index in [2.05, 4.69) is 64.7 Å². The smallest absolute Gasteiger partial charge is 0.336 e. The van der Waals surface area contributed by atoms with E-state index >= 15 is 0 Å². The molecule has 7 heteroatoms. The maximum Gasteiger partial charge on any atom is 0.336 e. The van der Waals surface area contributed by atoms with Gasteiger partial charge in [0.05, 0.1) is 11.3 Å². The summed E-state index contributed by atoms with van der Waals surface area (Å²) in [6, 6.07) is 19.4. The van der Waals surface area contributed by atoms with E-state index in [0.29, 0.717) is 23.7 Å². The molecule has 2 aliphatic carbocycles. The van der Waals surface area contributed by atoms with E-state index in [1.807, 2.05) is 48.5 Å². The molecule has 0 unspecified atom stereocenters. The minimum atomic E-state index is -3.91. The van der Waals surface area contributed by atoms with Crippen LogP contribution in [0.2, 0.25) is 0 Å². The highest BCUT2D eigenvalue weighted by Gasteiger charge is 2.38. The third-order valence-corrected chi connectivity index (χ3v) is 12.9. The molecule has 1 aliphatic heterocycles. The molecule has 3 aromatic rings. The van der Waals surface area contributed by atoms with Gasteiger partial charge in [0.25, 0.3) is 0 Å². The van der Waals surface area contributed by atoms with E-state index in [9.17, 15) is 18.3 Å². The summed E-state index contributed by atoms with van der Waals surface area (Å²) in [5, 5.41) is 10.5. The van der Waals surface area contributed by atoms with Crippen molar-refractivity contribution in [3.8, 4) is 11.1 Å². The van der Waals surface area contributed by atoms with E-state index in [1.165, 1.54) is 5.57 Å². The number of para-hydroxylation sites is 1. The Kier molecular flexibility index (Phi) is 9.48. The maximum atomic E-state index is 14.6. The molecule has 0 bridgehead atoms. The first-order valence-electron chi connectivity index (χ1n) is 17.8. The normalized spacial score (nSPS) is 21.8. The van der Waals surface area contributed by atoms with Crippen molar-refractivity contribution in [2.45, 2.75) is 97.4 Å². The number of carbonyl (C=O) groups is 1. The lowest BCUT2D eigenvalue weighted by molar-refractivity contribution is 0.0696. The number of sulfonamides is 1. The number of carboxylic acids is 1. The van der Waals surface area contributed by atoms with Crippen LogP contribution in [0.4, 0.5) is 11.4 Å². The molecule has 0 saturated carbocycles. The van der Waals surface area contributed by atoms with Crippen LogP contribution in [0.5, 0.6) is 0 Å². The standard InChI is InChI=1S/C42H52N2O4S/c1-28(2)23-33-27-44(32-11-9-8-10-12-32)38-25-35(30-17-21-42(5,6)22-18-30)36(26-39(38)49(47,48)43(33)7)31-13-14-34(37(24-31)40(45)46)29-15-19-41(3,4)20-16-29/h8-15,17,24-26,28,33H,16,18-23,27H2,1-7H3,(H,45,46)/t33-/m1/s1. The molecular formula is C42H52N2O4S. The zero-order valence-electron chi connectivity index (χ0n) is 30.2. The zero-order valence-corrected chi connectivity index (χ0v) is 31.0. The van der Waals surface area contributed by atoms with E-state index in [-0.39, 0.29) is 27.3 Å². The highest BCUT2D eigenvalue weighted by molar-refractivity contribution is 7.89. The van der Waals surface area contributed by atoms with E-state index in [1.54, 1.807) is 17.4 Å². The molecule has 1 atom stereocenters. The quantitative estimate of drug-likeness (QED) is 0.269.